The third-order valence-corrected chi connectivity index (χ3v) is 5.80. The number of halogens is 1. The van der Waals surface area contributed by atoms with E-state index in [0.717, 1.165) is 16.3 Å². The third-order valence-electron chi connectivity index (χ3n) is 5.80. The molecule has 3 aromatic rings. The van der Waals surface area contributed by atoms with Gasteiger partial charge in [-0.05, 0) is 55.0 Å². The van der Waals surface area contributed by atoms with Crippen molar-refractivity contribution in [2.45, 2.75) is 19.8 Å². The van der Waals surface area contributed by atoms with E-state index in [1.54, 1.807) is 43.2 Å². The summed E-state index contributed by atoms with van der Waals surface area (Å²) in [4.78, 5) is 27.8. The van der Waals surface area contributed by atoms with Crippen LogP contribution >= 0.6 is 0 Å². The Kier molecular flexibility index (Phi) is 5.89. The van der Waals surface area contributed by atoms with Gasteiger partial charge in [-0.2, -0.15) is 0 Å². The molecule has 0 saturated carbocycles. The highest BCUT2D eigenvalue weighted by molar-refractivity contribution is 6.08. The van der Waals surface area contributed by atoms with E-state index in [2.05, 4.69) is 5.32 Å². The number of benzene rings is 3. The number of piperidine rings is 1. The Labute approximate surface area is 180 Å². The number of aryl methyl sites for hydroxylation is 1. The van der Waals surface area contributed by atoms with Gasteiger partial charge in [-0.25, -0.2) is 4.39 Å². The maximum Gasteiger partial charge on any atom is 0.254 e. The number of fused-ring (bicyclic) bond motifs is 1. The van der Waals surface area contributed by atoms with Gasteiger partial charge in [-0.15, -0.1) is 0 Å². The molecule has 1 aliphatic heterocycles. The van der Waals surface area contributed by atoms with E-state index in [1.807, 2.05) is 24.3 Å². The monoisotopic (exact) mass is 420 g/mol. The Morgan fingerprint density at radius 1 is 1.10 bits per heavy atom. The summed E-state index contributed by atoms with van der Waals surface area (Å²) < 4.78 is 19.5. The van der Waals surface area contributed by atoms with Crippen LogP contribution < -0.4 is 10.1 Å². The first kappa shape index (κ1) is 20.8. The molecule has 1 N–H and O–H groups in total. The highest BCUT2D eigenvalue weighted by atomic mass is 19.1. The molecule has 1 aliphatic rings. The summed E-state index contributed by atoms with van der Waals surface area (Å²) in [6.07, 6.45) is 1.38. The number of carbonyl (C=O) groups excluding carboxylic acids is 2. The second-order valence-corrected chi connectivity index (χ2v) is 7.92. The van der Waals surface area contributed by atoms with Crippen LogP contribution in [0, 0.1) is 18.7 Å². The zero-order valence-electron chi connectivity index (χ0n) is 17.7. The van der Waals surface area contributed by atoms with Gasteiger partial charge in [0.1, 0.15) is 11.6 Å². The van der Waals surface area contributed by atoms with E-state index in [0.29, 0.717) is 37.2 Å². The van der Waals surface area contributed by atoms with Crippen molar-refractivity contribution >= 4 is 28.3 Å². The number of hydrogen-bond donors (Lipinski definition) is 1. The number of rotatable bonds is 4. The number of ether oxygens (including phenoxy) is 1. The molecule has 1 unspecified atom stereocenters. The van der Waals surface area contributed by atoms with Gasteiger partial charge in [-0.1, -0.05) is 30.3 Å². The summed E-state index contributed by atoms with van der Waals surface area (Å²) >= 11 is 0. The van der Waals surface area contributed by atoms with Crippen LogP contribution in [0.4, 0.5) is 10.1 Å². The molecule has 3 aromatic carbocycles. The lowest BCUT2D eigenvalue weighted by molar-refractivity contribution is -0.121. The fraction of sp³-hybridized carbons (Fsp3) is 0.280. The normalized spacial score (nSPS) is 16.2. The predicted molar refractivity (Wildman–Crippen MR) is 119 cm³/mol. The summed E-state index contributed by atoms with van der Waals surface area (Å²) in [5.41, 5.74) is 1.54. The maximum absolute atomic E-state index is 14.1. The minimum absolute atomic E-state index is 0.113. The van der Waals surface area contributed by atoms with Crippen molar-refractivity contribution in [3.8, 4) is 5.75 Å². The molecule has 1 atom stereocenters. The van der Waals surface area contributed by atoms with Gasteiger partial charge in [0.25, 0.3) is 5.91 Å². The molecule has 31 heavy (non-hydrogen) atoms. The van der Waals surface area contributed by atoms with Crippen molar-refractivity contribution in [2.75, 3.05) is 25.5 Å². The van der Waals surface area contributed by atoms with Crippen LogP contribution in [0.15, 0.2) is 54.6 Å². The molecule has 0 spiro atoms. The molecular weight excluding hydrogens is 395 g/mol. The Balaban J connectivity index is 1.53. The topological polar surface area (TPSA) is 58.6 Å². The molecule has 1 fully saturated rings. The number of hydrogen-bond acceptors (Lipinski definition) is 3. The molecule has 2 amide bonds. The van der Waals surface area contributed by atoms with E-state index in [4.69, 9.17) is 4.74 Å². The highest BCUT2D eigenvalue weighted by Gasteiger charge is 2.30. The number of amides is 2. The molecule has 6 heteroatoms. The van der Waals surface area contributed by atoms with E-state index in [9.17, 15) is 14.0 Å². The summed E-state index contributed by atoms with van der Waals surface area (Å²) in [6, 6.07) is 15.9. The maximum atomic E-state index is 14.1. The summed E-state index contributed by atoms with van der Waals surface area (Å²) in [5.74, 6) is -0.509. The van der Waals surface area contributed by atoms with Crippen LogP contribution in [-0.2, 0) is 4.79 Å². The lowest BCUT2D eigenvalue weighted by Gasteiger charge is -2.32. The van der Waals surface area contributed by atoms with Gasteiger partial charge >= 0.3 is 0 Å². The summed E-state index contributed by atoms with van der Waals surface area (Å²) in [6.45, 7) is 2.68. The third kappa shape index (κ3) is 4.24. The molecular formula is C25H25FN2O3. The SMILES string of the molecule is COc1ccc(C(=O)N2CCCC(C(=O)Nc3ccc(C)cc3F)C2)c2ccccc12. The quantitative estimate of drug-likeness (QED) is 0.660. The first-order valence-corrected chi connectivity index (χ1v) is 10.4. The van der Waals surface area contributed by atoms with Crippen LogP contribution in [0.3, 0.4) is 0 Å². The molecule has 0 bridgehead atoms. The van der Waals surface area contributed by atoms with E-state index in [1.165, 1.54) is 6.07 Å². The largest absolute Gasteiger partial charge is 0.496 e. The molecule has 0 aromatic heterocycles. The van der Waals surface area contributed by atoms with Crippen LogP contribution in [-0.4, -0.2) is 36.9 Å². The van der Waals surface area contributed by atoms with Crippen molar-refractivity contribution in [1.29, 1.82) is 0 Å². The first-order chi connectivity index (χ1) is 15.0. The van der Waals surface area contributed by atoms with Gasteiger partial charge in [0.15, 0.2) is 0 Å². The van der Waals surface area contributed by atoms with E-state index < -0.39 is 5.82 Å². The van der Waals surface area contributed by atoms with Crippen molar-refractivity contribution in [3.05, 3.63) is 71.5 Å². The molecule has 4 rings (SSSR count). The van der Waals surface area contributed by atoms with Gasteiger partial charge in [0.05, 0.1) is 18.7 Å². The number of methoxy groups -OCH3 is 1. The van der Waals surface area contributed by atoms with Crippen LogP contribution in [0.25, 0.3) is 10.8 Å². The Morgan fingerprint density at radius 2 is 1.87 bits per heavy atom. The Hall–Kier alpha value is -3.41. The smallest absolute Gasteiger partial charge is 0.254 e. The van der Waals surface area contributed by atoms with Gasteiger partial charge in [0, 0.05) is 24.0 Å². The minimum Gasteiger partial charge on any atom is -0.496 e. The molecule has 1 heterocycles. The number of carbonyl (C=O) groups is 2. The van der Waals surface area contributed by atoms with Crippen molar-refractivity contribution < 1.29 is 18.7 Å². The lowest BCUT2D eigenvalue weighted by atomic mass is 9.95. The van der Waals surface area contributed by atoms with Crippen molar-refractivity contribution in [3.63, 3.8) is 0 Å². The average molecular weight is 420 g/mol. The molecule has 0 radical (unpaired) electrons. The van der Waals surface area contributed by atoms with E-state index in [-0.39, 0.29) is 23.4 Å². The fourth-order valence-corrected chi connectivity index (χ4v) is 4.14. The highest BCUT2D eigenvalue weighted by Crippen LogP contribution is 2.30. The number of nitrogens with one attached hydrogen (secondary N) is 1. The molecule has 1 saturated heterocycles. The van der Waals surface area contributed by atoms with Crippen molar-refractivity contribution in [1.82, 2.24) is 4.90 Å². The first-order valence-electron chi connectivity index (χ1n) is 10.4. The predicted octanol–water partition coefficient (Wildman–Crippen LogP) is 4.79. The van der Waals surface area contributed by atoms with Crippen LogP contribution in [0.1, 0.15) is 28.8 Å². The second-order valence-electron chi connectivity index (χ2n) is 7.92. The zero-order valence-corrected chi connectivity index (χ0v) is 17.7. The zero-order chi connectivity index (χ0) is 22.0. The molecule has 160 valence electrons. The number of likely N-dealkylation sites (tertiary alicyclic amines) is 1. The van der Waals surface area contributed by atoms with E-state index >= 15 is 0 Å². The van der Waals surface area contributed by atoms with Gasteiger partial charge in [-0.3, -0.25) is 9.59 Å². The van der Waals surface area contributed by atoms with Gasteiger partial charge in [0.2, 0.25) is 5.91 Å². The molecule has 0 aliphatic carbocycles. The number of nitrogens with zero attached hydrogens (tertiary/aromatic N) is 1. The Bertz CT molecular complexity index is 1140. The standard InChI is InChI=1S/C25H25FN2O3/c1-16-9-11-22(21(26)14-16)27-24(29)17-6-5-13-28(15-17)25(30)20-10-12-23(31-2)19-8-4-3-7-18(19)20/h3-4,7-12,14,17H,5-6,13,15H2,1-2H3,(H,27,29). The average Bonchev–Trinajstić information content (AvgIpc) is 2.79. The fourth-order valence-electron chi connectivity index (χ4n) is 4.14. The number of anilines is 1. The second kappa shape index (κ2) is 8.76. The lowest BCUT2D eigenvalue weighted by Crippen LogP contribution is -2.43. The summed E-state index contributed by atoms with van der Waals surface area (Å²) in [5, 5.41) is 4.37. The van der Waals surface area contributed by atoms with Crippen LogP contribution in [0.2, 0.25) is 0 Å². The minimum atomic E-state index is -0.457. The van der Waals surface area contributed by atoms with Crippen LogP contribution in [0.5, 0.6) is 5.75 Å². The Morgan fingerprint density at radius 3 is 2.61 bits per heavy atom. The molecule has 5 nitrogen and oxygen atoms in total. The van der Waals surface area contributed by atoms with Gasteiger partial charge < -0.3 is 15.0 Å². The summed E-state index contributed by atoms with van der Waals surface area (Å²) in [7, 11) is 1.61. The van der Waals surface area contributed by atoms with Crippen molar-refractivity contribution in [2.24, 2.45) is 5.92 Å².